The third kappa shape index (κ3) is 3.15. The van der Waals surface area contributed by atoms with Crippen molar-refractivity contribution in [3.05, 3.63) is 27.7 Å². The second kappa shape index (κ2) is 4.88. The highest BCUT2D eigenvalue weighted by molar-refractivity contribution is 9.10. The largest absolute Gasteiger partial charge is 0.484 e. The molecule has 0 heterocycles. The van der Waals surface area contributed by atoms with Gasteiger partial charge in [-0.2, -0.15) is 13.2 Å². The van der Waals surface area contributed by atoms with Crippen LogP contribution in [0, 0.1) is 0 Å². The maximum absolute atomic E-state index is 12.1. The molecular weight excluding hydrogens is 297 g/mol. The van der Waals surface area contributed by atoms with Crippen LogP contribution in [0.25, 0.3) is 0 Å². The number of rotatable bonds is 2. The van der Waals surface area contributed by atoms with Gasteiger partial charge < -0.3 is 4.74 Å². The number of halogens is 4. The summed E-state index contributed by atoms with van der Waals surface area (Å²) in [7, 11) is 0. The molecule has 0 bridgehead atoms. The zero-order chi connectivity index (χ0) is 12.5. The van der Waals surface area contributed by atoms with Crippen molar-refractivity contribution in [1.29, 1.82) is 0 Å². The first-order valence-corrected chi connectivity index (χ1v) is 6.26. The van der Waals surface area contributed by atoms with Gasteiger partial charge in [0.25, 0.3) is 0 Å². The molecule has 94 valence electrons. The Morgan fingerprint density at radius 3 is 2.41 bits per heavy atom. The summed E-state index contributed by atoms with van der Waals surface area (Å²) < 4.78 is 42.2. The van der Waals surface area contributed by atoms with Gasteiger partial charge in [0.05, 0.1) is 0 Å². The van der Waals surface area contributed by atoms with E-state index in [0.29, 0.717) is 5.75 Å². The highest BCUT2D eigenvalue weighted by atomic mass is 79.9. The fourth-order valence-electron chi connectivity index (χ4n) is 2.09. The van der Waals surface area contributed by atoms with Crippen molar-refractivity contribution < 1.29 is 17.9 Å². The Labute approximate surface area is 106 Å². The minimum Gasteiger partial charge on any atom is -0.484 e. The monoisotopic (exact) mass is 308 g/mol. The molecule has 0 spiro atoms. The van der Waals surface area contributed by atoms with Gasteiger partial charge in [-0.1, -0.05) is 15.9 Å². The molecule has 0 N–H and O–H groups in total. The molecule has 0 amide bonds. The molecular formula is C12H12BrF3O. The minimum atomic E-state index is -4.28. The highest BCUT2D eigenvalue weighted by Gasteiger charge is 2.29. The third-order valence-corrected chi connectivity index (χ3v) is 3.57. The summed E-state index contributed by atoms with van der Waals surface area (Å²) in [5.74, 6) is 0.375. The number of fused-ring (bicyclic) bond motifs is 1. The van der Waals surface area contributed by atoms with E-state index < -0.39 is 12.8 Å². The lowest BCUT2D eigenvalue weighted by Crippen LogP contribution is -2.20. The molecule has 2 rings (SSSR count). The first kappa shape index (κ1) is 12.7. The number of benzene rings is 1. The smallest absolute Gasteiger partial charge is 0.422 e. The van der Waals surface area contributed by atoms with Crippen LogP contribution in [0.3, 0.4) is 0 Å². The third-order valence-electron chi connectivity index (χ3n) is 2.83. The van der Waals surface area contributed by atoms with Crippen LogP contribution in [0.15, 0.2) is 16.6 Å². The molecule has 0 unspecified atom stereocenters. The molecule has 1 aliphatic carbocycles. The van der Waals surface area contributed by atoms with Crippen LogP contribution in [-0.4, -0.2) is 12.8 Å². The van der Waals surface area contributed by atoms with Gasteiger partial charge in [0.15, 0.2) is 6.61 Å². The van der Waals surface area contributed by atoms with Crippen LogP contribution in [0.5, 0.6) is 5.75 Å². The van der Waals surface area contributed by atoms with Crippen molar-refractivity contribution >= 4 is 15.9 Å². The lowest BCUT2D eigenvalue weighted by Gasteiger charge is -2.21. The number of hydrogen-bond donors (Lipinski definition) is 0. The van der Waals surface area contributed by atoms with E-state index in [1.54, 1.807) is 12.1 Å². The van der Waals surface area contributed by atoms with Crippen molar-refractivity contribution in [1.82, 2.24) is 0 Å². The fourth-order valence-corrected chi connectivity index (χ4v) is 2.66. The predicted octanol–water partition coefficient (Wildman–Crippen LogP) is 4.27. The van der Waals surface area contributed by atoms with Gasteiger partial charge in [-0.3, -0.25) is 0 Å². The van der Waals surface area contributed by atoms with Crippen LogP contribution >= 0.6 is 15.9 Å². The van der Waals surface area contributed by atoms with Crippen molar-refractivity contribution in [3.8, 4) is 5.75 Å². The summed E-state index contributed by atoms with van der Waals surface area (Å²) >= 11 is 3.43. The molecule has 1 aromatic carbocycles. The van der Waals surface area contributed by atoms with Crippen molar-refractivity contribution in [2.45, 2.75) is 31.9 Å². The van der Waals surface area contributed by atoms with Crippen LogP contribution in [0.4, 0.5) is 13.2 Å². The van der Waals surface area contributed by atoms with Gasteiger partial charge in [-0.15, -0.1) is 0 Å². The molecule has 5 heteroatoms. The van der Waals surface area contributed by atoms with Gasteiger partial charge in [0.1, 0.15) is 5.75 Å². The quantitative estimate of drug-likeness (QED) is 0.793. The summed E-state index contributed by atoms with van der Waals surface area (Å²) in [5.41, 5.74) is 2.02. The van der Waals surface area contributed by atoms with Gasteiger partial charge in [0.2, 0.25) is 0 Å². The van der Waals surface area contributed by atoms with Gasteiger partial charge >= 0.3 is 6.18 Å². The van der Waals surface area contributed by atoms with E-state index in [2.05, 4.69) is 15.9 Å². The summed E-state index contributed by atoms with van der Waals surface area (Å²) in [4.78, 5) is 0. The molecule has 1 nitrogen and oxygen atoms in total. The van der Waals surface area contributed by atoms with E-state index in [4.69, 9.17) is 4.74 Å². The molecule has 0 fully saturated rings. The van der Waals surface area contributed by atoms with Crippen molar-refractivity contribution in [3.63, 3.8) is 0 Å². The van der Waals surface area contributed by atoms with Crippen LogP contribution in [-0.2, 0) is 12.8 Å². The normalized spacial score (nSPS) is 15.5. The minimum absolute atomic E-state index is 0.375. The molecule has 0 saturated carbocycles. The van der Waals surface area contributed by atoms with Gasteiger partial charge in [0, 0.05) is 4.47 Å². The summed E-state index contributed by atoms with van der Waals surface area (Å²) in [6, 6.07) is 3.37. The first-order valence-electron chi connectivity index (χ1n) is 5.47. The Hall–Kier alpha value is -0.710. The second-order valence-corrected chi connectivity index (χ2v) is 4.97. The average Bonchev–Trinajstić information content (AvgIpc) is 2.27. The average molecular weight is 309 g/mol. The molecule has 17 heavy (non-hydrogen) atoms. The Kier molecular flexibility index (Phi) is 3.66. The molecule has 1 aliphatic rings. The maximum atomic E-state index is 12.1. The van der Waals surface area contributed by atoms with Crippen molar-refractivity contribution in [2.75, 3.05) is 6.61 Å². The summed E-state index contributed by atoms with van der Waals surface area (Å²) in [6.45, 7) is -1.22. The van der Waals surface area contributed by atoms with E-state index >= 15 is 0 Å². The Morgan fingerprint density at radius 1 is 1.12 bits per heavy atom. The van der Waals surface area contributed by atoms with Gasteiger partial charge in [-0.05, 0) is 48.9 Å². The van der Waals surface area contributed by atoms with E-state index in [9.17, 15) is 13.2 Å². The highest BCUT2D eigenvalue weighted by Crippen LogP contribution is 2.35. The standard InChI is InChI=1S/C12H12BrF3O/c13-10-5-6-11(17-7-12(14,15)16)9-4-2-1-3-8(9)10/h5-6H,1-4,7H2. The number of alkyl halides is 3. The number of hydrogen-bond acceptors (Lipinski definition) is 1. The molecule has 0 aliphatic heterocycles. The molecule has 0 aromatic heterocycles. The molecule has 0 saturated heterocycles. The second-order valence-electron chi connectivity index (χ2n) is 4.11. The van der Waals surface area contributed by atoms with Crippen LogP contribution in [0.2, 0.25) is 0 Å². The van der Waals surface area contributed by atoms with Crippen molar-refractivity contribution in [2.24, 2.45) is 0 Å². The first-order chi connectivity index (χ1) is 7.97. The van der Waals surface area contributed by atoms with E-state index in [0.717, 1.165) is 41.3 Å². The lowest BCUT2D eigenvalue weighted by atomic mass is 9.91. The Morgan fingerprint density at radius 2 is 1.76 bits per heavy atom. The zero-order valence-electron chi connectivity index (χ0n) is 9.11. The van der Waals surface area contributed by atoms with Crippen LogP contribution < -0.4 is 4.74 Å². The molecule has 0 atom stereocenters. The summed E-state index contributed by atoms with van der Waals surface area (Å²) in [5, 5.41) is 0. The van der Waals surface area contributed by atoms with Crippen LogP contribution in [0.1, 0.15) is 24.0 Å². The topological polar surface area (TPSA) is 9.23 Å². The Balaban J connectivity index is 2.23. The van der Waals surface area contributed by atoms with E-state index in [1.807, 2.05) is 0 Å². The molecule has 0 radical (unpaired) electrons. The van der Waals surface area contributed by atoms with E-state index in [1.165, 1.54) is 0 Å². The van der Waals surface area contributed by atoms with Gasteiger partial charge in [-0.25, -0.2) is 0 Å². The van der Waals surface area contributed by atoms with E-state index in [-0.39, 0.29) is 0 Å². The predicted molar refractivity (Wildman–Crippen MR) is 62.3 cm³/mol. The lowest BCUT2D eigenvalue weighted by molar-refractivity contribution is -0.153. The summed E-state index contributed by atoms with van der Waals surface area (Å²) in [6.07, 6.45) is -0.504. The number of ether oxygens (including phenoxy) is 1. The Bertz CT molecular complexity index is 415. The SMILES string of the molecule is FC(F)(F)COc1ccc(Br)c2c1CCCC2. The molecule has 1 aromatic rings. The zero-order valence-corrected chi connectivity index (χ0v) is 10.7. The maximum Gasteiger partial charge on any atom is 0.422 e. The fraction of sp³-hybridized carbons (Fsp3) is 0.500.